The van der Waals surface area contributed by atoms with E-state index in [1.807, 2.05) is 7.05 Å². The molecule has 0 radical (unpaired) electrons. The SMILES string of the molecule is CC[Si](Cl)(NC)C(C)C. The standard InChI is InChI=1S/C6H16ClNSi/c1-5-9(7,8-4)6(2)3/h6,8H,5H2,1-4H3. The van der Waals surface area contributed by atoms with Crippen LogP contribution >= 0.6 is 11.1 Å². The molecule has 0 aromatic rings. The predicted octanol–water partition coefficient (Wildman–Crippen LogP) is 2.32. The Kier molecular flexibility index (Phi) is 3.78. The fourth-order valence-corrected chi connectivity index (χ4v) is 2.62. The summed E-state index contributed by atoms with van der Waals surface area (Å²) < 4.78 is 0. The molecule has 1 atom stereocenters. The topological polar surface area (TPSA) is 12.0 Å². The van der Waals surface area contributed by atoms with Gasteiger partial charge in [-0.15, -0.1) is 11.1 Å². The van der Waals surface area contributed by atoms with Crippen molar-refractivity contribution >= 4 is 18.6 Å². The highest BCUT2D eigenvalue weighted by Crippen LogP contribution is 2.24. The van der Waals surface area contributed by atoms with E-state index in [0.29, 0.717) is 5.54 Å². The second-order valence-electron chi connectivity index (χ2n) is 2.62. The maximum atomic E-state index is 6.27. The summed E-state index contributed by atoms with van der Waals surface area (Å²) in [4.78, 5) is 3.23. The molecule has 0 saturated carbocycles. The first-order valence-electron chi connectivity index (χ1n) is 3.44. The van der Waals surface area contributed by atoms with Gasteiger partial charge in [0.05, 0.1) is 0 Å². The Bertz CT molecular complexity index is 81.1. The molecule has 0 bridgehead atoms. The lowest BCUT2D eigenvalue weighted by Gasteiger charge is -2.25. The Morgan fingerprint density at radius 2 is 2.00 bits per heavy atom. The van der Waals surface area contributed by atoms with Crippen molar-refractivity contribution < 1.29 is 0 Å². The molecule has 0 aliphatic heterocycles. The molecule has 0 rings (SSSR count). The fraction of sp³-hybridized carbons (Fsp3) is 1.00. The Hall–Kier alpha value is 0.467. The fourth-order valence-electron chi connectivity index (χ4n) is 0.874. The monoisotopic (exact) mass is 165 g/mol. The maximum absolute atomic E-state index is 6.27. The summed E-state index contributed by atoms with van der Waals surface area (Å²) in [6, 6.07) is 1.10. The van der Waals surface area contributed by atoms with E-state index < -0.39 is 7.55 Å². The highest BCUT2D eigenvalue weighted by molar-refractivity contribution is 7.19. The molecular weight excluding hydrogens is 150 g/mol. The summed E-state index contributed by atoms with van der Waals surface area (Å²) in [5, 5.41) is 0. The van der Waals surface area contributed by atoms with E-state index in [1.165, 1.54) is 0 Å². The molecule has 1 nitrogen and oxygen atoms in total. The third-order valence-electron chi connectivity index (χ3n) is 1.85. The van der Waals surface area contributed by atoms with E-state index in [4.69, 9.17) is 11.1 Å². The van der Waals surface area contributed by atoms with Crippen LogP contribution in [0.25, 0.3) is 0 Å². The summed E-state index contributed by atoms with van der Waals surface area (Å²) in [6.07, 6.45) is 0. The first-order valence-corrected chi connectivity index (χ1v) is 6.74. The van der Waals surface area contributed by atoms with Gasteiger partial charge in [0.2, 0.25) is 7.55 Å². The lowest BCUT2D eigenvalue weighted by atomic mass is 10.6. The minimum Gasteiger partial charge on any atom is -0.328 e. The van der Waals surface area contributed by atoms with Gasteiger partial charge in [-0.3, -0.25) is 0 Å². The Labute approximate surface area is 63.6 Å². The van der Waals surface area contributed by atoms with Crippen molar-refractivity contribution in [1.82, 2.24) is 4.98 Å². The number of hydrogen-bond donors (Lipinski definition) is 1. The zero-order valence-electron chi connectivity index (χ0n) is 6.66. The van der Waals surface area contributed by atoms with Crippen molar-refractivity contribution in [1.29, 1.82) is 0 Å². The van der Waals surface area contributed by atoms with Gasteiger partial charge in [-0.05, 0) is 18.6 Å². The highest BCUT2D eigenvalue weighted by Gasteiger charge is 2.30. The van der Waals surface area contributed by atoms with Crippen molar-refractivity contribution in [2.45, 2.75) is 32.4 Å². The van der Waals surface area contributed by atoms with Gasteiger partial charge in [0.25, 0.3) is 0 Å². The molecule has 0 aromatic carbocycles. The predicted molar refractivity (Wildman–Crippen MR) is 46.2 cm³/mol. The molecule has 0 heterocycles. The van der Waals surface area contributed by atoms with E-state index in [-0.39, 0.29) is 0 Å². The second-order valence-corrected chi connectivity index (χ2v) is 8.73. The van der Waals surface area contributed by atoms with E-state index in [1.54, 1.807) is 0 Å². The van der Waals surface area contributed by atoms with Gasteiger partial charge in [-0.25, -0.2) is 0 Å². The first kappa shape index (κ1) is 9.47. The minimum absolute atomic E-state index is 0.620. The molecule has 0 aromatic heterocycles. The van der Waals surface area contributed by atoms with Crippen molar-refractivity contribution in [2.75, 3.05) is 7.05 Å². The molecule has 1 unspecified atom stereocenters. The molecular formula is C6H16ClNSi. The lowest BCUT2D eigenvalue weighted by molar-refractivity contribution is 0.951. The molecule has 0 fully saturated rings. The Morgan fingerprint density at radius 1 is 1.56 bits per heavy atom. The average molecular weight is 166 g/mol. The molecule has 3 heteroatoms. The van der Waals surface area contributed by atoms with Gasteiger partial charge in [-0.2, -0.15) is 0 Å². The summed E-state index contributed by atoms with van der Waals surface area (Å²) in [5.41, 5.74) is 0.620. The molecule has 0 aliphatic carbocycles. The van der Waals surface area contributed by atoms with Crippen LogP contribution in [0.4, 0.5) is 0 Å². The van der Waals surface area contributed by atoms with Crippen LogP contribution in [0.5, 0.6) is 0 Å². The zero-order chi connectivity index (χ0) is 7.49. The highest BCUT2D eigenvalue weighted by atomic mass is 35.6. The maximum Gasteiger partial charge on any atom is 0.228 e. The first-order chi connectivity index (χ1) is 4.06. The van der Waals surface area contributed by atoms with E-state index in [2.05, 4.69) is 25.8 Å². The van der Waals surface area contributed by atoms with Gasteiger partial charge < -0.3 is 4.98 Å². The van der Waals surface area contributed by atoms with Gasteiger partial charge in [-0.1, -0.05) is 20.8 Å². The van der Waals surface area contributed by atoms with E-state index in [0.717, 1.165) is 6.04 Å². The molecule has 1 N–H and O–H groups in total. The van der Waals surface area contributed by atoms with Gasteiger partial charge in [0.1, 0.15) is 0 Å². The molecule has 9 heavy (non-hydrogen) atoms. The average Bonchev–Trinajstić information content (AvgIpc) is 1.86. The molecule has 56 valence electrons. The third-order valence-corrected chi connectivity index (χ3v) is 8.21. The Balaban J connectivity index is 3.92. The van der Waals surface area contributed by atoms with Crippen molar-refractivity contribution in [3.8, 4) is 0 Å². The number of hydrogen-bond acceptors (Lipinski definition) is 1. The van der Waals surface area contributed by atoms with Crippen LogP contribution in [0, 0.1) is 0 Å². The number of nitrogens with one attached hydrogen (secondary N) is 1. The van der Waals surface area contributed by atoms with Crippen LogP contribution < -0.4 is 4.98 Å². The van der Waals surface area contributed by atoms with Gasteiger partial charge in [0, 0.05) is 0 Å². The summed E-state index contributed by atoms with van der Waals surface area (Å²) in [6.45, 7) is 6.51. The van der Waals surface area contributed by atoms with Crippen molar-refractivity contribution in [3.05, 3.63) is 0 Å². The molecule has 0 spiro atoms. The number of rotatable bonds is 3. The largest absolute Gasteiger partial charge is 0.328 e. The van der Waals surface area contributed by atoms with Crippen molar-refractivity contribution in [3.63, 3.8) is 0 Å². The van der Waals surface area contributed by atoms with Crippen molar-refractivity contribution in [2.24, 2.45) is 0 Å². The summed E-state index contributed by atoms with van der Waals surface area (Å²) in [5.74, 6) is 0. The van der Waals surface area contributed by atoms with Crippen LogP contribution in [0.15, 0.2) is 0 Å². The minimum atomic E-state index is -1.55. The zero-order valence-corrected chi connectivity index (χ0v) is 8.42. The summed E-state index contributed by atoms with van der Waals surface area (Å²) >= 11 is 6.27. The number of halogens is 1. The normalized spacial score (nSPS) is 18.0. The van der Waals surface area contributed by atoms with Gasteiger partial charge >= 0.3 is 0 Å². The van der Waals surface area contributed by atoms with Crippen LogP contribution in [0.1, 0.15) is 20.8 Å². The molecule has 0 aliphatic rings. The third kappa shape index (κ3) is 2.28. The lowest BCUT2D eigenvalue weighted by Crippen LogP contribution is -2.44. The summed E-state index contributed by atoms with van der Waals surface area (Å²) in [7, 11) is 0.409. The van der Waals surface area contributed by atoms with Crippen LogP contribution in [0.3, 0.4) is 0 Å². The van der Waals surface area contributed by atoms with Gasteiger partial charge in [0.15, 0.2) is 0 Å². The second kappa shape index (κ2) is 3.59. The Morgan fingerprint density at radius 3 is 2.00 bits per heavy atom. The van der Waals surface area contributed by atoms with E-state index in [9.17, 15) is 0 Å². The van der Waals surface area contributed by atoms with Crippen LogP contribution in [-0.4, -0.2) is 14.6 Å². The smallest absolute Gasteiger partial charge is 0.228 e. The van der Waals surface area contributed by atoms with Crippen LogP contribution in [-0.2, 0) is 0 Å². The quantitative estimate of drug-likeness (QED) is 0.500. The van der Waals surface area contributed by atoms with Crippen LogP contribution in [0.2, 0.25) is 11.6 Å². The molecule has 0 amide bonds. The molecule has 0 saturated heterocycles. The van der Waals surface area contributed by atoms with E-state index >= 15 is 0 Å².